The zero-order valence-corrected chi connectivity index (χ0v) is 12.3. The van der Waals surface area contributed by atoms with Crippen molar-refractivity contribution in [1.29, 1.82) is 0 Å². The summed E-state index contributed by atoms with van der Waals surface area (Å²) >= 11 is 5.13. The maximum atomic E-state index is 12.6. The van der Waals surface area contributed by atoms with Crippen molar-refractivity contribution < 1.29 is 4.79 Å². The number of hydrogen-bond acceptors (Lipinski definition) is 2. The molecule has 3 aliphatic rings. The van der Waals surface area contributed by atoms with Crippen LogP contribution in [0.15, 0.2) is 0 Å². The summed E-state index contributed by atoms with van der Waals surface area (Å²) in [5.41, 5.74) is 5.80. The molecular formula is C15H24N2OS. The van der Waals surface area contributed by atoms with Gasteiger partial charge in [-0.1, -0.05) is 18.6 Å². The van der Waals surface area contributed by atoms with Gasteiger partial charge in [-0.3, -0.25) is 4.79 Å². The Morgan fingerprint density at radius 3 is 2.68 bits per heavy atom. The second-order valence-corrected chi connectivity index (χ2v) is 7.11. The molecule has 4 unspecified atom stereocenters. The highest BCUT2D eigenvalue weighted by Gasteiger charge is 2.41. The van der Waals surface area contributed by atoms with E-state index in [1.54, 1.807) is 0 Å². The Morgan fingerprint density at radius 2 is 2.05 bits per heavy atom. The van der Waals surface area contributed by atoms with E-state index in [4.69, 9.17) is 18.0 Å². The van der Waals surface area contributed by atoms with E-state index in [2.05, 4.69) is 0 Å². The summed E-state index contributed by atoms with van der Waals surface area (Å²) in [6.07, 6.45) is 9.33. The highest BCUT2D eigenvalue weighted by Crippen LogP contribution is 2.49. The molecular weight excluding hydrogens is 256 g/mol. The van der Waals surface area contributed by atoms with Crippen molar-refractivity contribution in [3.63, 3.8) is 0 Å². The first-order valence-electron chi connectivity index (χ1n) is 7.74. The number of amides is 1. The van der Waals surface area contributed by atoms with Crippen molar-refractivity contribution in [2.75, 3.05) is 6.54 Å². The number of nitrogens with zero attached hydrogens (tertiary/aromatic N) is 1. The first kappa shape index (κ1) is 13.3. The molecule has 0 aromatic rings. The molecule has 1 saturated heterocycles. The fourth-order valence-electron chi connectivity index (χ4n) is 4.49. The lowest BCUT2D eigenvalue weighted by atomic mass is 9.85. The van der Waals surface area contributed by atoms with Gasteiger partial charge >= 0.3 is 0 Å². The van der Waals surface area contributed by atoms with Crippen LogP contribution in [0.25, 0.3) is 0 Å². The van der Waals surface area contributed by atoms with Crippen molar-refractivity contribution in [2.24, 2.45) is 23.5 Å². The molecule has 4 heteroatoms. The van der Waals surface area contributed by atoms with Crippen LogP contribution in [0.2, 0.25) is 0 Å². The van der Waals surface area contributed by atoms with Gasteiger partial charge in [0, 0.05) is 13.0 Å². The van der Waals surface area contributed by atoms with Gasteiger partial charge in [0.1, 0.15) is 0 Å². The van der Waals surface area contributed by atoms with Gasteiger partial charge in [0.15, 0.2) is 0 Å². The second-order valence-electron chi connectivity index (χ2n) is 6.64. The van der Waals surface area contributed by atoms with Gasteiger partial charge in [0.05, 0.1) is 11.0 Å². The van der Waals surface area contributed by atoms with Crippen LogP contribution in [0.4, 0.5) is 0 Å². The molecule has 3 nitrogen and oxygen atoms in total. The number of thiocarbonyl (C=S) groups is 1. The van der Waals surface area contributed by atoms with E-state index in [0.29, 0.717) is 16.8 Å². The van der Waals surface area contributed by atoms with Crippen LogP contribution >= 0.6 is 12.2 Å². The Hall–Kier alpha value is -0.640. The molecule has 1 heterocycles. The molecule has 1 amide bonds. The fourth-order valence-corrected chi connectivity index (χ4v) is 4.74. The lowest BCUT2D eigenvalue weighted by Crippen LogP contribution is -2.50. The summed E-state index contributed by atoms with van der Waals surface area (Å²) in [6, 6.07) is 0.0230. The lowest BCUT2D eigenvalue weighted by Gasteiger charge is -2.36. The number of carbonyl (C=O) groups excluding carboxylic acids is 1. The number of carbonyl (C=O) groups is 1. The monoisotopic (exact) mass is 280 g/mol. The molecule has 3 fully saturated rings. The highest BCUT2D eigenvalue weighted by atomic mass is 32.1. The number of fused-ring (bicyclic) bond motifs is 2. The molecule has 2 bridgehead atoms. The van der Waals surface area contributed by atoms with Crippen molar-refractivity contribution in [3.8, 4) is 0 Å². The standard InChI is InChI=1S/C15H24N2OS/c16-15(19)13-3-1-2-6-17(13)14(18)9-12-8-10-4-5-11(12)7-10/h10-13H,1-9H2,(H2,16,19). The maximum absolute atomic E-state index is 12.6. The van der Waals surface area contributed by atoms with Crippen LogP contribution < -0.4 is 5.73 Å². The van der Waals surface area contributed by atoms with Gasteiger partial charge in [0.25, 0.3) is 0 Å². The molecule has 2 N–H and O–H groups in total. The number of rotatable bonds is 3. The van der Waals surface area contributed by atoms with Crippen molar-refractivity contribution in [1.82, 2.24) is 4.90 Å². The zero-order valence-electron chi connectivity index (χ0n) is 11.5. The van der Waals surface area contributed by atoms with Crippen LogP contribution in [0.3, 0.4) is 0 Å². The SMILES string of the molecule is NC(=S)C1CCCCN1C(=O)CC1CC2CCC1C2. The summed E-state index contributed by atoms with van der Waals surface area (Å²) in [4.78, 5) is 15.0. The zero-order chi connectivity index (χ0) is 13.4. The third-order valence-corrected chi connectivity index (χ3v) is 5.74. The second kappa shape index (κ2) is 5.39. The molecule has 106 valence electrons. The molecule has 0 radical (unpaired) electrons. The minimum Gasteiger partial charge on any atom is -0.392 e. The maximum Gasteiger partial charge on any atom is 0.223 e. The Kier molecular flexibility index (Phi) is 3.79. The largest absolute Gasteiger partial charge is 0.392 e. The van der Waals surface area contributed by atoms with E-state index in [1.807, 2.05) is 4.90 Å². The van der Waals surface area contributed by atoms with Gasteiger partial charge in [-0.15, -0.1) is 0 Å². The van der Waals surface area contributed by atoms with Crippen LogP contribution in [0, 0.1) is 17.8 Å². The molecule has 0 aromatic carbocycles. The van der Waals surface area contributed by atoms with Gasteiger partial charge < -0.3 is 10.6 Å². The average molecular weight is 280 g/mol. The predicted molar refractivity (Wildman–Crippen MR) is 79.7 cm³/mol. The minimum absolute atomic E-state index is 0.0230. The van der Waals surface area contributed by atoms with Gasteiger partial charge in [-0.25, -0.2) is 0 Å². The lowest BCUT2D eigenvalue weighted by molar-refractivity contribution is -0.134. The van der Waals surface area contributed by atoms with E-state index < -0.39 is 0 Å². The Balaban J connectivity index is 1.61. The first-order chi connectivity index (χ1) is 9.15. The van der Waals surface area contributed by atoms with Crippen molar-refractivity contribution >= 4 is 23.1 Å². The van der Waals surface area contributed by atoms with Crippen LogP contribution in [0.5, 0.6) is 0 Å². The fraction of sp³-hybridized carbons (Fsp3) is 0.867. The first-order valence-corrected chi connectivity index (χ1v) is 8.14. The van der Waals surface area contributed by atoms with E-state index in [0.717, 1.165) is 44.1 Å². The molecule has 0 aromatic heterocycles. The highest BCUT2D eigenvalue weighted by molar-refractivity contribution is 7.80. The summed E-state index contributed by atoms with van der Waals surface area (Å²) in [6.45, 7) is 0.849. The molecule has 3 rings (SSSR count). The number of hydrogen-bond donors (Lipinski definition) is 1. The molecule has 0 spiro atoms. The van der Waals surface area contributed by atoms with Crippen molar-refractivity contribution in [3.05, 3.63) is 0 Å². The van der Waals surface area contributed by atoms with Gasteiger partial charge in [-0.05, 0) is 56.3 Å². The third-order valence-electron chi connectivity index (χ3n) is 5.47. The summed E-state index contributed by atoms with van der Waals surface area (Å²) in [7, 11) is 0. The normalized spacial score (nSPS) is 37.6. The van der Waals surface area contributed by atoms with Gasteiger partial charge in [0.2, 0.25) is 5.91 Å². The van der Waals surface area contributed by atoms with Crippen molar-refractivity contribution in [2.45, 2.75) is 57.4 Å². The molecule has 1 aliphatic heterocycles. The summed E-state index contributed by atoms with van der Waals surface area (Å²) in [5.74, 6) is 2.67. The molecule has 4 atom stereocenters. The Labute approximate surface area is 120 Å². The summed E-state index contributed by atoms with van der Waals surface area (Å²) in [5, 5.41) is 0. The van der Waals surface area contributed by atoms with E-state index >= 15 is 0 Å². The number of likely N-dealkylation sites (tertiary alicyclic amines) is 1. The van der Waals surface area contributed by atoms with Crippen LogP contribution in [-0.4, -0.2) is 28.4 Å². The Morgan fingerprint density at radius 1 is 1.21 bits per heavy atom. The topological polar surface area (TPSA) is 46.3 Å². The van der Waals surface area contributed by atoms with E-state index in [-0.39, 0.29) is 6.04 Å². The van der Waals surface area contributed by atoms with Crippen LogP contribution in [0.1, 0.15) is 51.4 Å². The predicted octanol–water partition coefficient (Wildman–Crippen LogP) is 2.48. The molecule has 2 aliphatic carbocycles. The quantitative estimate of drug-likeness (QED) is 0.808. The minimum atomic E-state index is 0.0230. The Bertz CT molecular complexity index is 384. The molecule has 2 saturated carbocycles. The summed E-state index contributed by atoms with van der Waals surface area (Å²) < 4.78 is 0. The van der Waals surface area contributed by atoms with Crippen LogP contribution in [-0.2, 0) is 4.79 Å². The molecule has 19 heavy (non-hydrogen) atoms. The van der Waals surface area contributed by atoms with E-state index in [9.17, 15) is 4.79 Å². The number of piperidine rings is 1. The third kappa shape index (κ3) is 2.64. The number of nitrogens with two attached hydrogens (primary N) is 1. The smallest absolute Gasteiger partial charge is 0.223 e. The average Bonchev–Trinajstić information content (AvgIpc) is 3.01. The van der Waals surface area contributed by atoms with Gasteiger partial charge in [-0.2, -0.15) is 0 Å². The van der Waals surface area contributed by atoms with E-state index in [1.165, 1.54) is 25.7 Å².